The summed E-state index contributed by atoms with van der Waals surface area (Å²) in [5.74, 6) is -0.182. The van der Waals surface area contributed by atoms with Crippen LogP contribution in [0, 0.1) is 0 Å². The number of carbonyl (C=O) groups excluding carboxylic acids is 2. The second kappa shape index (κ2) is 6.55. The Kier molecular flexibility index (Phi) is 4.59. The number of halogens is 3. The standard InChI is InChI=1S/C16H18F3N3O3/c17-16(18,19)10-25-12-4-1-3-11(7-12)8-22-6-2-5-15(9-22)13(23)20-14(24)21-15/h1,3-4,7H,2,5-6,8-10H2,(H2,20,21,23,24). The molecule has 2 fully saturated rings. The first-order valence-corrected chi connectivity index (χ1v) is 7.90. The maximum absolute atomic E-state index is 12.2. The van der Waals surface area contributed by atoms with E-state index in [0.717, 1.165) is 18.5 Å². The number of rotatable bonds is 4. The normalized spacial score (nSPS) is 24.3. The maximum Gasteiger partial charge on any atom is 0.422 e. The molecule has 3 rings (SSSR count). The number of hydrogen-bond donors (Lipinski definition) is 2. The number of carbonyl (C=O) groups is 2. The van der Waals surface area contributed by atoms with Crippen LogP contribution in [0.3, 0.4) is 0 Å². The van der Waals surface area contributed by atoms with Crippen molar-refractivity contribution in [2.75, 3.05) is 19.7 Å². The van der Waals surface area contributed by atoms with Crippen molar-refractivity contribution in [2.24, 2.45) is 0 Å². The molecule has 25 heavy (non-hydrogen) atoms. The molecule has 1 atom stereocenters. The van der Waals surface area contributed by atoms with E-state index in [1.54, 1.807) is 18.2 Å². The van der Waals surface area contributed by atoms with Gasteiger partial charge < -0.3 is 10.1 Å². The lowest BCUT2D eigenvalue weighted by molar-refractivity contribution is -0.153. The Morgan fingerprint density at radius 2 is 2.08 bits per heavy atom. The molecule has 2 aliphatic heterocycles. The van der Waals surface area contributed by atoms with Crippen LogP contribution in [0.1, 0.15) is 18.4 Å². The van der Waals surface area contributed by atoms with Gasteiger partial charge in [0.25, 0.3) is 5.91 Å². The molecule has 0 radical (unpaired) electrons. The summed E-state index contributed by atoms with van der Waals surface area (Å²) in [6.07, 6.45) is -3.09. The highest BCUT2D eigenvalue weighted by Crippen LogP contribution is 2.26. The monoisotopic (exact) mass is 357 g/mol. The molecule has 0 saturated carbocycles. The number of piperidine rings is 1. The Bertz CT molecular complexity index is 680. The summed E-state index contributed by atoms with van der Waals surface area (Å²) in [6, 6.07) is 5.95. The Hall–Kier alpha value is -2.29. The summed E-state index contributed by atoms with van der Waals surface area (Å²) in [5.41, 5.74) is -0.138. The first-order chi connectivity index (χ1) is 11.8. The summed E-state index contributed by atoms with van der Waals surface area (Å²) in [7, 11) is 0. The predicted octanol–water partition coefficient (Wildman–Crippen LogP) is 1.80. The number of benzene rings is 1. The van der Waals surface area contributed by atoms with Gasteiger partial charge in [-0.1, -0.05) is 12.1 Å². The highest BCUT2D eigenvalue weighted by atomic mass is 19.4. The van der Waals surface area contributed by atoms with Gasteiger partial charge in [-0.25, -0.2) is 4.79 Å². The first kappa shape index (κ1) is 17.5. The Morgan fingerprint density at radius 1 is 1.28 bits per heavy atom. The average Bonchev–Trinajstić information content (AvgIpc) is 2.78. The molecule has 0 aromatic heterocycles. The zero-order valence-corrected chi connectivity index (χ0v) is 13.4. The van der Waals surface area contributed by atoms with Crippen LogP contribution in [0.4, 0.5) is 18.0 Å². The lowest BCUT2D eigenvalue weighted by atomic mass is 9.89. The molecule has 2 heterocycles. The van der Waals surface area contributed by atoms with Gasteiger partial charge in [0.2, 0.25) is 0 Å². The number of hydrogen-bond acceptors (Lipinski definition) is 4. The highest BCUT2D eigenvalue weighted by molar-refractivity contribution is 6.07. The lowest BCUT2D eigenvalue weighted by Gasteiger charge is -2.38. The Balaban J connectivity index is 1.64. The third kappa shape index (κ3) is 4.22. The summed E-state index contributed by atoms with van der Waals surface area (Å²) in [4.78, 5) is 25.5. The SMILES string of the molecule is O=C1NC(=O)C2(CCCN(Cc3cccc(OCC(F)(F)F)c3)C2)N1. The number of likely N-dealkylation sites (tertiary alicyclic amines) is 1. The summed E-state index contributed by atoms with van der Waals surface area (Å²) < 4.78 is 41.5. The quantitative estimate of drug-likeness (QED) is 0.807. The summed E-state index contributed by atoms with van der Waals surface area (Å²) in [6.45, 7) is 0.209. The Labute approximate surface area is 142 Å². The molecule has 0 bridgehead atoms. The van der Waals surface area contributed by atoms with E-state index >= 15 is 0 Å². The fourth-order valence-electron chi connectivity index (χ4n) is 3.25. The molecule has 1 unspecified atom stereocenters. The van der Waals surface area contributed by atoms with Crippen molar-refractivity contribution in [1.29, 1.82) is 0 Å². The van der Waals surface area contributed by atoms with Gasteiger partial charge in [0.05, 0.1) is 0 Å². The van der Waals surface area contributed by atoms with Gasteiger partial charge in [0.1, 0.15) is 11.3 Å². The number of amides is 3. The van der Waals surface area contributed by atoms with Crippen molar-refractivity contribution in [1.82, 2.24) is 15.5 Å². The van der Waals surface area contributed by atoms with Crippen molar-refractivity contribution in [3.05, 3.63) is 29.8 Å². The third-order valence-electron chi connectivity index (χ3n) is 4.29. The van der Waals surface area contributed by atoms with Crippen LogP contribution in [0.2, 0.25) is 0 Å². The van der Waals surface area contributed by atoms with Crippen LogP contribution >= 0.6 is 0 Å². The van der Waals surface area contributed by atoms with Crippen molar-refractivity contribution in [3.63, 3.8) is 0 Å². The summed E-state index contributed by atoms with van der Waals surface area (Å²) in [5, 5.41) is 4.95. The smallest absolute Gasteiger partial charge is 0.422 e. The van der Waals surface area contributed by atoms with E-state index in [1.807, 2.05) is 4.90 Å². The van der Waals surface area contributed by atoms with Crippen LogP contribution in [-0.2, 0) is 11.3 Å². The van der Waals surface area contributed by atoms with E-state index in [4.69, 9.17) is 4.74 Å². The van der Waals surface area contributed by atoms with Crippen LogP contribution in [0.5, 0.6) is 5.75 Å². The van der Waals surface area contributed by atoms with Gasteiger partial charge in [-0.05, 0) is 37.1 Å². The maximum atomic E-state index is 12.2. The molecule has 2 N–H and O–H groups in total. The Morgan fingerprint density at radius 3 is 2.76 bits per heavy atom. The van der Waals surface area contributed by atoms with Gasteiger partial charge >= 0.3 is 12.2 Å². The molecular formula is C16H18F3N3O3. The van der Waals surface area contributed by atoms with Crippen LogP contribution in [0.15, 0.2) is 24.3 Å². The topological polar surface area (TPSA) is 70.7 Å². The second-order valence-corrected chi connectivity index (χ2v) is 6.36. The molecule has 1 aromatic carbocycles. The van der Waals surface area contributed by atoms with Gasteiger partial charge in [-0.3, -0.25) is 15.0 Å². The molecule has 3 amide bonds. The number of urea groups is 1. The fourth-order valence-corrected chi connectivity index (χ4v) is 3.25. The number of imide groups is 1. The van der Waals surface area contributed by atoms with E-state index in [1.165, 1.54) is 6.07 Å². The molecule has 0 aliphatic carbocycles. The first-order valence-electron chi connectivity index (χ1n) is 7.90. The molecule has 1 aromatic rings. The number of alkyl halides is 3. The average molecular weight is 357 g/mol. The minimum Gasteiger partial charge on any atom is -0.484 e. The molecule has 9 heteroatoms. The predicted molar refractivity (Wildman–Crippen MR) is 81.9 cm³/mol. The van der Waals surface area contributed by atoms with Crippen LogP contribution in [-0.4, -0.2) is 48.2 Å². The number of nitrogens with one attached hydrogen (secondary N) is 2. The molecule has 6 nitrogen and oxygen atoms in total. The zero-order valence-electron chi connectivity index (χ0n) is 13.4. The van der Waals surface area contributed by atoms with Crippen molar-refractivity contribution < 1.29 is 27.5 Å². The van der Waals surface area contributed by atoms with Crippen molar-refractivity contribution in [2.45, 2.75) is 31.1 Å². The highest BCUT2D eigenvalue weighted by Gasteiger charge is 2.48. The van der Waals surface area contributed by atoms with E-state index in [-0.39, 0.29) is 11.7 Å². The van der Waals surface area contributed by atoms with E-state index < -0.39 is 24.4 Å². The van der Waals surface area contributed by atoms with Crippen molar-refractivity contribution in [3.8, 4) is 5.75 Å². The molecule has 2 saturated heterocycles. The fraction of sp³-hybridized carbons (Fsp3) is 0.500. The van der Waals surface area contributed by atoms with Gasteiger partial charge in [-0.2, -0.15) is 13.2 Å². The summed E-state index contributed by atoms with van der Waals surface area (Å²) >= 11 is 0. The number of nitrogens with zero attached hydrogens (tertiary/aromatic N) is 1. The van der Waals surface area contributed by atoms with Crippen LogP contribution < -0.4 is 15.4 Å². The number of ether oxygens (including phenoxy) is 1. The molecule has 136 valence electrons. The third-order valence-corrected chi connectivity index (χ3v) is 4.29. The van der Waals surface area contributed by atoms with E-state index in [2.05, 4.69) is 10.6 Å². The van der Waals surface area contributed by atoms with Gasteiger partial charge in [0, 0.05) is 13.1 Å². The largest absolute Gasteiger partial charge is 0.484 e. The van der Waals surface area contributed by atoms with Crippen LogP contribution in [0.25, 0.3) is 0 Å². The molecular weight excluding hydrogens is 339 g/mol. The molecule has 2 aliphatic rings. The van der Waals surface area contributed by atoms with E-state index in [0.29, 0.717) is 19.5 Å². The molecule has 1 spiro atoms. The van der Waals surface area contributed by atoms with Gasteiger partial charge in [-0.15, -0.1) is 0 Å². The van der Waals surface area contributed by atoms with E-state index in [9.17, 15) is 22.8 Å². The second-order valence-electron chi connectivity index (χ2n) is 6.36. The lowest BCUT2D eigenvalue weighted by Crippen LogP contribution is -2.58. The van der Waals surface area contributed by atoms with Gasteiger partial charge in [0.15, 0.2) is 6.61 Å². The van der Waals surface area contributed by atoms with Crippen molar-refractivity contribution >= 4 is 11.9 Å². The minimum absolute atomic E-state index is 0.147. The zero-order chi connectivity index (χ0) is 18.1. The minimum atomic E-state index is -4.39.